The molecule has 0 fully saturated rings. The van der Waals surface area contributed by atoms with Gasteiger partial charge in [-0.2, -0.15) is 0 Å². The summed E-state index contributed by atoms with van der Waals surface area (Å²) in [6.07, 6.45) is 0.326. The Morgan fingerprint density at radius 3 is 2.67 bits per heavy atom. The van der Waals surface area contributed by atoms with E-state index in [0.717, 1.165) is 11.3 Å². The molecule has 0 aliphatic rings. The summed E-state index contributed by atoms with van der Waals surface area (Å²) in [6, 6.07) is 11.0. The van der Waals surface area contributed by atoms with Gasteiger partial charge in [0.15, 0.2) is 10.9 Å². The number of anilines is 1. The van der Waals surface area contributed by atoms with Crippen LogP contribution in [0.3, 0.4) is 0 Å². The molecule has 0 saturated heterocycles. The van der Waals surface area contributed by atoms with E-state index in [1.54, 1.807) is 12.1 Å². The number of amides is 1. The number of hydrogen-bond donors (Lipinski definition) is 1. The third-order valence-corrected chi connectivity index (χ3v) is 5.27. The molecule has 7 heteroatoms. The maximum Gasteiger partial charge on any atom is 0.226 e. The van der Waals surface area contributed by atoms with Gasteiger partial charge in [0.2, 0.25) is 5.91 Å². The zero-order chi connectivity index (χ0) is 16.9. The van der Waals surface area contributed by atoms with Crippen LogP contribution >= 0.6 is 34.3 Å². The van der Waals surface area contributed by atoms with E-state index in [1.165, 1.54) is 22.7 Å². The highest BCUT2D eigenvalue weighted by molar-refractivity contribution is 7.14. The van der Waals surface area contributed by atoms with Crippen molar-refractivity contribution >= 4 is 51.1 Å². The number of nitrogens with zero attached hydrogens (tertiary/aromatic N) is 1. The topological polar surface area (TPSA) is 59.1 Å². The van der Waals surface area contributed by atoms with Crippen molar-refractivity contribution in [3.63, 3.8) is 0 Å². The second kappa shape index (κ2) is 7.70. The molecule has 3 aromatic rings. The van der Waals surface area contributed by atoms with Gasteiger partial charge in [-0.15, -0.1) is 22.7 Å². The molecule has 0 aliphatic carbocycles. The Kier molecular flexibility index (Phi) is 5.40. The van der Waals surface area contributed by atoms with Gasteiger partial charge in [-0.3, -0.25) is 9.59 Å². The molecule has 0 bridgehead atoms. The van der Waals surface area contributed by atoms with Crippen molar-refractivity contribution in [1.29, 1.82) is 0 Å². The number of Topliss-reactive ketones (excluding diaryl/α,β-unsaturated/α-hetero) is 1. The SMILES string of the molecule is O=C(CCC(=O)c1cccs1)Nc1nc(-c2ccccc2Cl)cs1. The molecule has 2 aromatic heterocycles. The highest BCUT2D eigenvalue weighted by atomic mass is 35.5. The minimum Gasteiger partial charge on any atom is -0.302 e. The van der Waals surface area contributed by atoms with E-state index in [-0.39, 0.29) is 24.5 Å². The van der Waals surface area contributed by atoms with Crippen molar-refractivity contribution in [2.24, 2.45) is 0 Å². The van der Waals surface area contributed by atoms with E-state index in [1.807, 2.05) is 35.0 Å². The van der Waals surface area contributed by atoms with Crippen LogP contribution in [0.1, 0.15) is 22.5 Å². The molecule has 1 N–H and O–H groups in total. The fraction of sp³-hybridized carbons (Fsp3) is 0.118. The highest BCUT2D eigenvalue weighted by Gasteiger charge is 2.13. The van der Waals surface area contributed by atoms with Crippen molar-refractivity contribution in [2.45, 2.75) is 12.8 Å². The van der Waals surface area contributed by atoms with E-state index < -0.39 is 0 Å². The molecule has 0 unspecified atom stereocenters. The maximum absolute atomic E-state index is 12.0. The smallest absolute Gasteiger partial charge is 0.226 e. The quantitative estimate of drug-likeness (QED) is 0.607. The third-order valence-electron chi connectivity index (χ3n) is 3.28. The Hall–Kier alpha value is -2.02. The molecule has 0 spiro atoms. The predicted molar refractivity (Wildman–Crippen MR) is 99.1 cm³/mol. The summed E-state index contributed by atoms with van der Waals surface area (Å²) >= 11 is 8.86. The van der Waals surface area contributed by atoms with Crippen LogP contribution in [0.5, 0.6) is 0 Å². The zero-order valence-electron chi connectivity index (χ0n) is 12.5. The van der Waals surface area contributed by atoms with Crippen LogP contribution in [0.2, 0.25) is 5.02 Å². The van der Waals surface area contributed by atoms with Crippen LogP contribution in [0, 0.1) is 0 Å². The lowest BCUT2D eigenvalue weighted by Gasteiger charge is -2.01. The molecule has 1 amide bonds. The minimum absolute atomic E-state index is 0.0176. The van der Waals surface area contributed by atoms with Crippen molar-refractivity contribution in [2.75, 3.05) is 5.32 Å². The second-order valence-corrected chi connectivity index (χ2v) is 7.18. The van der Waals surface area contributed by atoms with E-state index in [2.05, 4.69) is 10.3 Å². The Balaban J connectivity index is 1.58. The van der Waals surface area contributed by atoms with Gasteiger partial charge < -0.3 is 5.32 Å². The normalized spacial score (nSPS) is 10.5. The number of thiophene rings is 1. The van der Waals surface area contributed by atoms with E-state index >= 15 is 0 Å². The van der Waals surface area contributed by atoms with E-state index in [9.17, 15) is 9.59 Å². The summed E-state index contributed by atoms with van der Waals surface area (Å²) in [6.45, 7) is 0. The number of carbonyl (C=O) groups is 2. The lowest BCUT2D eigenvalue weighted by molar-refractivity contribution is -0.116. The molecule has 24 heavy (non-hydrogen) atoms. The van der Waals surface area contributed by atoms with E-state index in [4.69, 9.17) is 11.6 Å². The third kappa shape index (κ3) is 4.08. The number of thiazole rings is 1. The van der Waals surface area contributed by atoms with Crippen LogP contribution in [0.15, 0.2) is 47.2 Å². The summed E-state index contributed by atoms with van der Waals surface area (Å²) in [5.74, 6) is -0.240. The van der Waals surface area contributed by atoms with Crippen molar-refractivity contribution in [3.8, 4) is 11.3 Å². The first-order chi connectivity index (χ1) is 11.6. The Morgan fingerprint density at radius 1 is 1.08 bits per heavy atom. The van der Waals surface area contributed by atoms with Gasteiger partial charge in [0.25, 0.3) is 0 Å². The lowest BCUT2D eigenvalue weighted by atomic mass is 10.2. The first kappa shape index (κ1) is 16.8. The van der Waals surface area contributed by atoms with Gasteiger partial charge >= 0.3 is 0 Å². The zero-order valence-corrected chi connectivity index (χ0v) is 14.9. The summed E-state index contributed by atoms with van der Waals surface area (Å²) < 4.78 is 0. The summed E-state index contributed by atoms with van der Waals surface area (Å²) in [7, 11) is 0. The minimum atomic E-state index is -0.222. The number of ketones is 1. The number of aromatic nitrogens is 1. The number of carbonyl (C=O) groups excluding carboxylic acids is 2. The van der Waals surface area contributed by atoms with Gasteiger partial charge in [0, 0.05) is 28.8 Å². The summed E-state index contributed by atoms with van der Waals surface area (Å²) in [5, 5.41) is 7.53. The van der Waals surface area contributed by atoms with Crippen LogP contribution in [0.4, 0.5) is 5.13 Å². The number of benzene rings is 1. The molecular formula is C17H13ClN2O2S2. The van der Waals surface area contributed by atoms with Crippen LogP contribution < -0.4 is 5.32 Å². The molecule has 0 aliphatic heterocycles. The fourth-order valence-corrected chi connectivity index (χ4v) is 3.75. The number of hydrogen-bond acceptors (Lipinski definition) is 5. The first-order valence-corrected chi connectivity index (χ1v) is 9.34. The molecule has 2 heterocycles. The molecular weight excluding hydrogens is 364 g/mol. The predicted octanol–water partition coefficient (Wildman–Crippen LogP) is 5.13. The Bertz CT molecular complexity index is 859. The fourth-order valence-electron chi connectivity index (χ4n) is 2.09. The molecule has 4 nitrogen and oxygen atoms in total. The molecule has 0 atom stereocenters. The van der Waals surface area contributed by atoms with Crippen molar-refractivity contribution in [3.05, 3.63) is 57.1 Å². The van der Waals surface area contributed by atoms with Crippen molar-refractivity contribution < 1.29 is 9.59 Å². The second-order valence-electron chi connectivity index (χ2n) is 4.97. The van der Waals surface area contributed by atoms with Gasteiger partial charge in [0.1, 0.15) is 0 Å². The van der Waals surface area contributed by atoms with E-state index in [0.29, 0.717) is 15.0 Å². The average molecular weight is 377 g/mol. The average Bonchev–Trinajstić information content (AvgIpc) is 3.25. The maximum atomic E-state index is 12.0. The van der Waals surface area contributed by atoms with Gasteiger partial charge in [-0.25, -0.2) is 4.98 Å². The molecule has 1 aromatic carbocycles. The highest BCUT2D eigenvalue weighted by Crippen LogP contribution is 2.30. The number of nitrogens with one attached hydrogen (secondary N) is 1. The van der Waals surface area contributed by atoms with Crippen LogP contribution in [0.25, 0.3) is 11.3 Å². The molecule has 3 rings (SSSR count). The molecule has 0 saturated carbocycles. The Labute approximate surface area is 152 Å². The van der Waals surface area contributed by atoms with Gasteiger partial charge in [0.05, 0.1) is 10.6 Å². The van der Waals surface area contributed by atoms with Crippen molar-refractivity contribution in [1.82, 2.24) is 4.98 Å². The molecule has 0 radical (unpaired) electrons. The van der Waals surface area contributed by atoms with Crippen LogP contribution in [-0.2, 0) is 4.79 Å². The largest absolute Gasteiger partial charge is 0.302 e. The van der Waals surface area contributed by atoms with Gasteiger partial charge in [-0.1, -0.05) is 35.9 Å². The lowest BCUT2D eigenvalue weighted by Crippen LogP contribution is -2.13. The number of rotatable bonds is 6. The first-order valence-electron chi connectivity index (χ1n) is 7.20. The monoisotopic (exact) mass is 376 g/mol. The van der Waals surface area contributed by atoms with Crippen LogP contribution in [-0.4, -0.2) is 16.7 Å². The summed E-state index contributed by atoms with van der Waals surface area (Å²) in [5.41, 5.74) is 1.54. The number of halogens is 1. The Morgan fingerprint density at radius 2 is 1.92 bits per heavy atom. The summed E-state index contributed by atoms with van der Waals surface area (Å²) in [4.78, 5) is 28.9. The van der Waals surface area contributed by atoms with Gasteiger partial charge in [-0.05, 0) is 17.5 Å². The standard InChI is InChI=1S/C17H13ClN2O2S2/c18-12-5-2-1-4-11(12)13-10-24-17(19-13)20-16(22)8-7-14(21)15-6-3-9-23-15/h1-6,9-10H,7-8H2,(H,19,20,22). The molecule has 122 valence electrons.